The van der Waals surface area contributed by atoms with Crippen molar-refractivity contribution in [1.82, 2.24) is 5.32 Å². The van der Waals surface area contributed by atoms with Gasteiger partial charge in [0.1, 0.15) is 6.67 Å². The molecule has 1 rings (SSSR count). The van der Waals surface area contributed by atoms with Crippen LogP contribution < -0.4 is 5.32 Å². The molecule has 1 aromatic carbocycles. The Labute approximate surface area is 91.7 Å². The normalized spacial score (nSPS) is 14.9. The van der Waals surface area contributed by atoms with Crippen LogP contribution in [0.25, 0.3) is 0 Å². The largest absolute Gasteiger partial charge is 0.314 e. The molecule has 0 aliphatic heterocycles. The fourth-order valence-corrected chi connectivity index (χ4v) is 1.75. The van der Waals surface area contributed by atoms with Crippen LogP contribution >= 0.6 is 0 Å². The van der Waals surface area contributed by atoms with Gasteiger partial charge in [0.25, 0.3) is 0 Å². The number of rotatable bonds is 5. The second-order valence-corrected chi connectivity index (χ2v) is 3.93. The third-order valence-electron chi connectivity index (χ3n) is 3.05. The van der Waals surface area contributed by atoms with Gasteiger partial charge in [-0.3, -0.25) is 0 Å². The lowest BCUT2D eigenvalue weighted by Gasteiger charge is -2.21. The SMILES string of the molecule is CCc1ccc(C(C)C(CF)NC)cc1. The van der Waals surface area contributed by atoms with E-state index in [0.717, 1.165) is 6.42 Å². The fourth-order valence-electron chi connectivity index (χ4n) is 1.75. The molecule has 2 heteroatoms. The zero-order valence-electron chi connectivity index (χ0n) is 9.76. The fraction of sp³-hybridized carbons (Fsp3) is 0.538. The molecule has 0 aliphatic rings. The quantitative estimate of drug-likeness (QED) is 0.786. The van der Waals surface area contributed by atoms with E-state index in [4.69, 9.17) is 0 Å². The summed E-state index contributed by atoms with van der Waals surface area (Å²) >= 11 is 0. The minimum atomic E-state index is -0.326. The van der Waals surface area contributed by atoms with E-state index < -0.39 is 0 Å². The zero-order valence-corrected chi connectivity index (χ0v) is 9.76. The summed E-state index contributed by atoms with van der Waals surface area (Å²) in [5, 5.41) is 3.00. The molecule has 1 N–H and O–H groups in total. The van der Waals surface area contributed by atoms with E-state index in [1.807, 2.05) is 0 Å². The van der Waals surface area contributed by atoms with Crippen LogP contribution in [0.1, 0.15) is 30.9 Å². The Morgan fingerprint density at radius 2 is 1.87 bits per heavy atom. The predicted octanol–water partition coefficient (Wildman–Crippen LogP) is 2.91. The molecule has 1 aromatic rings. The number of benzene rings is 1. The van der Waals surface area contributed by atoms with E-state index in [9.17, 15) is 4.39 Å². The molecule has 2 atom stereocenters. The number of likely N-dealkylation sites (N-methyl/N-ethyl adjacent to an activating group) is 1. The standard InChI is InChI=1S/C13H20FN/c1-4-11-5-7-12(8-6-11)10(2)13(9-14)15-3/h5-8,10,13,15H,4,9H2,1-3H3. The minimum Gasteiger partial charge on any atom is -0.314 e. The van der Waals surface area contributed by atoms with Crippen molar-refractivity contribution in [3.8, 4) is 0 Å². The first-order valence-corrected chi connectivity index (χ1v) is 5.55. The molecule has 0 saturated heterocycles. The predicted molar refractivity (Wildman–Crippen MR) is 63.1 cm³/mol. The van der Waals surface area contributed by atoms with Gasteiger partial charge in [0.05, 0.1) is 0 Å². The topological polar surface area (TPSA) is 12.0 Å². The van der Waals surface area contributed by atoms with E-state index in [0.29, 0.717) is 0 Å². The van der Waals surface area contributed by atoms with E-state index in [2.05, 4.69) is 43.4 Å². The van der Waals surface area contributed by atoms with Gasteiger partial charge in [-0.2, -0.15) is 0 Å². The van der Waals surface area contributed by atoms with Gasteiger partial charge in [0.2, 0.25) is 0 Å². The number of hydrogen-bond donors (Lipinski definition) is 1. The van der Waals surface area contributed by atoms with Crippen molar-refractivity contribution in [2.45, 2.75) is 32.2 Å². The van der Waals surface area contributed by atoms with Gasteiger partial charge in [-0.05, 0) is 30.5 Å². The maximum Gasteiger partial charge on any atom is 0.105 e. The molecule has 0 saturated carbocycles. The first kappa shape index (κ1) is 12.2. The van der Waals surface area contributed by atoms with Gasteiger partial charge in [-0.25, -0.2) is 4.39 Å². The van der Waals surface area contributed by atoms with Gasteiger partial charge in [0.15, 0.2) is 0 Å². The van der Waals surface area contributed by atoms with Crippen LogP contribution in [0.2, 0.25) is 0 Å². The van der Waals surface area contributed by atoms with Crippen LogP contribution in [-0.2, 0) is 6.42 Å². The van der Waals surface area contributed by atoms with Crippen LogP contribution in [0.5, 0.6) is 0 Å². The second-order valence-electron chi connectivity index (χ2n) is 3.93. The summed E-state index contributed by atoms with van der Waals surface area (Å²) in [5.74, 6) is 0.214. The smallest absolute Gasteiger partial charge is 0.105 e. The third-order valence-corrected chi connectivity index (χ3v) is 3.05. The Balaban J connectivity index is 2.76. The van der Waals surface area contributed by atoms with Crippen molar-refractivity contribution in [2.24, 2.45) is 0 Å². The summed E-state index contributed by atoms with van der Waals surface area (Å²) in [6.07, 6.45) is 1.05. The van der Waals surface area contributed by atoms with Crippen LogP contribution in [0, 0.1) is 0 Å². The summed E-state index contributed by atoms with van der Waals surface area (Å²) in [4.78, 5) is 0. The van der Waals surface area contributed by atoms with Crippen molar-refractivity contribution in [2.75, 3.05) is 13.7 Å². The molecular formula is C13H20FN. The van der Waals surface area contributed by atoms with Crippen LogP contribution in [-0.4, -0.2) is 19.8 Å². The minimum absolute atomic E-state index is 0.0857. The molecule has 1 nitrogen and oxygen atoms in total. The summed E-state index contributed by atoms with van der Waals surface area (Å²) in [5.41, 5.74) is 2.52. The Morgan fingerprint density at radius 3 is 2.27 bits per heavy atom. The van der Waals surface area contributed by atoms with Crippen molar-refractivity contribution < 1.29 is 4.39 Å². The number of aryl methyl sites for hydroxylation is 1. The van der Waals surface area contributed by atoms with Crippen LogP contribution in [0.4, 0.5) is 4.39 Å². The zero-order chi connectivity index (χ0) is 11.3. The van der Waals surface area contributed by atoms with Gasteiger partial charge in [-0.1, -0.05) is 38.1 Å². The molecule has 2 unspecified atom stereocenters. The highest BCUT2D eigenvalue weighted by atomic mass is 19.1. The Hall–Kier alpha value is -0.890. The highest BCUT2D eigenvalue weighted by molar-refractivity contribution is 5.26. The highest BCUT2D eigenvalue weighted by Crippen LogP contribution is 2.20. The molecule has 0 bridgehead atoms. The lowest BCUT2D eigenvalue weighted by molar-refractivity contribution is 0.357. The van der Waals surface area contributed by atoms with Gasteiger partial charge in [-0.15, -0.1) is 0 Å². The van der Waals surface area contributed by atoms with Gasteiger partial charge in [0, 0.05) is 6.04 Å². The first-order valence-electron chi connectivity index (χ1n) is 5.55. The highest BCUT2D eigenvalue weighted by Gasteiger charge is 2.16. The summed E-state index contributed by atoms with van der Waals surface area (Å²) in [7, 11) is 1.81. The number of hydrogen-bond acceptors (Lipinski definition) is 1. The third kappa shape index (κ3) is 3.03. The van der Waals surface area contributed by atoms with Crippen molar-refractivity contribution >= 4 is 0 Å². The summed E-state index contributed by atoms with van der Waals surface area (Å²) in [6, 6.07) is 8.36. The Kier molecular flexibility index (Phi) is 4.76. The molecule has 0 fully saturated rings. The Bertz CT molecular complexity index is 277. The maximum absolute atomic E-state index is 12.7. The van der Waals surface area contributed by atoms with Crippen molar-refractivity contribution in [3.05, 3.63) is 35.4 Å². The van der Waals surface area contributed by atoms with E-state index in [1.54, 1.807) is 7.05 Å². The van der Waals surface area contributed by atoms with Gasteiger partial charge >= 0.3 is 0 Å². The van der Waals surface area contributed by atoms with E-state index in [-0.39, 0.29) is 18.6 Å². The van der Waals surface area contributed by atoms with Crippen LogP contribution in [0.3, 0.4) is 0 Å². The number of halogens is 1. The molecular weight excluding hydrogens is 189 g/mol. The molecule has 0 radical (unpaired) electrons. The van der Waals surface area contributed by atoms with Gasteiger partial charge < -0.3 is 5.32 Å². The molecule has 84 valence electrons. The van der Waals surface area contributed by atoms with Crippen molar-refractivity contribution in [1.29, 1.82) is 0 Å². The monoisotopic (exact) mass is 209 g/mol. The second kappa shape index (κ2) is 5.86. The molecule has 0 aromatic heterocycles. The average Bonchev–Trinajstić information content (AvgIpc) is 2.30. The summed E-state index contributed by atoms with van der Waals surface area (Å²) < 4.78 is 12.7. The maximum atomic E-state index is 12.7. The molecule has 0 heterocycles. The lowest BCUT2D eigenvalue weighted by Crippen LogP contribution is -2.32. The molecule has 0 spiro atoms. The molecule has 0 aliphatic carbocycles. The number of nitrogens with one attached hydrogen (secondary N) is 1. The summed E-state index contributed by atoms with van der Waals surface area (Å²) in [6.45, 7) is 3.87. The average molecular weight is 209 g/mol. The first-order chi connectivity index (χ1) is 7.22. The van der Waals surface area contributed by atoms with Crippen molar-refractivity contribution in [3.63, 3.8) is 0 Å². The molecule has 0 amide bonds. The molecule has 15 heavy (non-hydrogen) atoms. The van der Waals surface area contributed by atoms with Crippen LogP contribution in [0.15, 0.2) is 24.3 Å². The van der Waals surface area contributed by atoms with E-state index >= 15 is 0 Å². The lowest BCUT2D eigenvalue weighted by atomic mass is 9.93. The number of alkyl halides is 1. The van der Waals surface area contributed by atoms with E-state index in [1.165, 1.54) is 11.1 Å². The Morgan fingerprint density at radius 1 is 1.27 bits per heavy atom.